The van der Waals surface area contributed by atoms with Gasteiger partial charge in [-0.1, -0.05) is 39.3 Å². The summed E-state index contributed by atoms with van der Waals surface area (Å²) < 4.78 is 6.31. The molecule has 1 amide bonds. The maximum Gasteiger partial charge on any atom is 0.254 e. The highest BCUT2D eigenvalue weighted by atomic mass is 35.5. The second kappa shape index (κ2) is 10.6. The molecule has 5 rings (SSSR count). The van der Waals surface area contributed by atoms with Crippen molar-refractivity contribution >= 4 is 23.5 Å². The molecule has 2 N–H and O–H groups in total. The van der Waals surface area contributed by atoms with Gasteiger partial charge in [0.25, 0.3) is 5.91 Å². The first-order chi connectivity index (χ1) is 18.5. The third-order valence-electron chi connectivity index (χ3n) is 8.64. The first-order valence-electron chi connectivity index (χ1n) is 13.6. The molecule has 3 fully saturated rings. The predicted molar refractivity (Wildman–Crippen MR) is 149 cm³/mol. The summed E-state index contributed by atoms with van der Waals surface area (Å²) in [5, 5.41) is 22.4. The Kier molecular flexibility index (Phi) is 7.49. The number of piperidine rings is 1. The van der Waals surface area contributed by atoms with Crippen LogP contribution in [0.15, 0.2) is 30.6 Å². The number of carbonyl (C=O) groups is 1. The molecule has 1 saturated carbocycles. The molecule has 10 heteroatoms. The molecule has 0 atom stereocenters. The second-order valence-electron chi connectivity index (χ2n) is 12.4. The number of likely N-dealkylation sites (tertiary alicyclic amines) is 1. The van der Waals surface area contributed by atoms with Gasteiger partial charge in [0.1, 0.15) is 17.9 Å². The lowest BCUT2D eigenvalue weighted by atomic mass is 9.49. The van der Waals surface area contributed by atoms with Gasteiger partial charge in [0.15, 0.2) is 0 Å². The molecule has 208 valence electrons. The van der Waals surface area contributed by atoms with Crippen molar-refractivity contribution in [2.45, 2.75) is 58.8 Å². The van der Waals surface area contributed by atoms with Crippen molar-refractivity contribution in [3.05, 3.63) is 46.7 Å². The molecular formula is C29H37ClN6O3. The Morgan fingerprint density at radius 2 is 1.82 bits per heavy atom. The van der Waals surface area contributed by atoms with E-state index in [0.29, 0.717) is 33.8 Å². The number of aromatic nitrogens is 2. The molecule has 0 bridgehead atoms. The topological polar surface area (TPSA) is 115 Å². The van der Waals surface area contributed by atoms with E-state index in [9.17, 15) is 9.90 Å². The molecule has 1 aromatic heterocycles. The van der Waals surface area contributed by atoms with Crippen LogP contribution in [0.25, 0.3) is 0 Å². The van der Waals surface area contributed by atoms with Crippen molar-refractivity contribution in [3.8, 4) is 11.8 Å². The Hall–Kier alpha value is -2.93. The van der Waals surface area contributed by atoms with Crippen molar-refractivity contribution in [3.63, 3.8) is 0 Å². The van der Waals surface area contributed by atoms with Crippen LogP contribution in [0, 0.1) is 28.1 Å². The molecule has 3 heterocycles. The third kappa shape index (κ3) is 5.43. The predicted octanol–water partition coefficient (Wildman–Crippen LogP) is 3.51. The number of hydrogen-bond donors (Lipinski definition) is 2. The minimum Gasteiger partial charge on any atom is -0.489 e. The maximum absolute atomic E-state index is 13.1. The van der Waals surface area contributed by atoms with E-state index in [4.69, 9.17) is 21.6 Å². The summed E-state index contributed by atoms with van der Waals surface area (Å²) in [6.45, 7) is 13.1. The van der Waals surface area contributed by atoms with E-state index >= 15 is 0 Å². The van der Waals surface area contributed by atoms with E-state index in [0.717, 1.165) is 45.6 Å². The zero-order valence-corrected chi connectivity index (χ0v) is 23.8. The molecule has 2 saturated heterocycles. The van der Waals surface area contributed by atoms with Gasteiger partial charge in [-0.25, -0.2) is 9.97 Å². The summed E-state index contributed by atoms with van der Waals surface area (Å²) in [4.78, 5) is 26.7. The van der Waals surface area contributed by atoms with Crippen LogP contribution >= 0.6 is 11.6 Å². The maximum atomic E-state index is 13.1. The standard InChI is InChI=1S/C29H37ClN6O3/c1-28(2)25(29(3,4)26(28)39-22-6-5-19(12-31)23(30)11-22)34-24(38)20-13-32-27(33-14-20)36-16-18(17-36)15-35-9-7-21(37)8-10-35/h5-6,11,13-14,18,21,25-26,37H,7-10,15-17H2,1-4H3,(H,34,38). The largest absolute Gasteiger partial charge is 0.489 e. The van der Waals surface area contributed by atoms with Gasteiger partial charge >= 0.3 is 0 Å². The molecule has 3 aliphatic rings. The van der Waals surface area contributed by atoms with Crippen molar-refractivity contribution in [1.82, 2.24) is 20.2 Å². The molecule has 0 spiro atoms. The van der Waals surface area contributed by atoms with Gasteiger partial charge < -0.3 is 25.0 Å². The van der Waals surface area contributed by atoms with E-state index in [1.807, 2.05) is 0 Å². The van der Waals surface area contributed by atoms with E-state index < -0.39 is 0 Å². The Morgan fingerprint density at radius 3 is 2.41 bits per heavy atom. The zero-order valence-electron chi connectivity index (χ0n) is 23.0. The number of amides is 1. The fourth-order valence-corrected chi connectivity index (χ4v) is 6.94. The molecule has 1 aromatic carbocycles. The molecule has 39 heavy (non-hydrogen) atoms. The van der Waals surface area contributed by atoms with Crippen LogP contribution in [0.4, 0.5) is 5.95 Å². The third-order valence-corrected chi connectivity index (χ3v) is 8.96. The average Bonchev–Trinajstić information content (AvgIpc) is 2.88. The SMILES string of the molecule is CC1(C)C(NC(=O)c2cnc(N3CC(CN4CCC(O)CC4)C3)nc2)C(C)(C)C1Oc1ccc(C#N)c(Cl)c1. The first-order valence-corrected chi connectivity index (χ1v) is 14.0. The van der Waals surface area contributed by atoms with Crippen LogP contribution < -0.4 is 15.0 Å². The number of halogens is 1. The van der Waals surface area contributed by atoms with Crippen molar-refractivity contribution in [2.24, 2.45) is 16.7 Å². The number of rotatable bonds is 7. The Bertz CT molecular complexity index is 1230. The fourth-order valence-electron chi connectivity index (χ4n) is 6.73. The molecule has 2 aliphatic heterocycles. The van der Waals surface area contributed by atoms with Crippen LogP contribution in [-0.2, 0) is 0 Å². The zero-order chi connectivity index (χ0) is 27.9. The van der Waals surface area contributed by atoms with E-state index in [-0.39, 0.29) is 35.0 Å². The molecule has 2 aromatic rings. The second-order valence-corrected chi connectivity index (χ2v) is 12.8. The number of aliphatic hydroxyl groups excluding tert-OH is 1. The summed E-state index contributed by atoms with van der Waals surface area (Å²) in [6, 6.07) is 6.99. The lowest BCUT2D eigenvalue weighted by Crippen LogP contribution is -2.74. The van der Waals surface area contributed by atoms with Crippen molar-refractivity contribution in [2.75, 3.05) is 37.6 Å². The van der Waals surface area contributed by atoms with Crippen molar-refractivity contribution < 1.29 is 14.6 Å². The van der Waals surface area contributed by atoms with Gasteiger partial charge in [-0.3, -0.25) is 4.79 Å². The highest BCUT2D eigenvalue weighted by molar-refractivity contribution is 6.31. The average molecular weight is 553 g/mol. The number of anilines is 1. The van der Waals surface area contributed by atoms with Crippen molar-refractivity contribution in [1.29, 1.82) is 5.26 Å². The summed E-state index contributed by atoms with van der Waals surface area (Å²) in [7, 11) is 0. The number of carbonyl (C=O) groups excluding carboxylic acids is 1. The van der Waals surface area contributed by atoms with Crippen LogP contribution in [0.3, 0.4) is 0 Å². The fraction of sp³-hybridized carbons (Fsp3) is 0.586. The summed E-state index contributed by atoms with van der Waals surface area (Å²) >= 11 is 6.19. The van der Waals surface area contributed by atoms with Crippen LogP contribution in [-0.4, -0.2) is 76.9 Å². The van der Waals surface area contributed by atoms with Gasteiger partial charge in [0.05, 0.1) is 22.3 Å². The minimum absolute atomic E-state index is 0.136. The van der Waals surface area contributed by atoms with Crippen LogP contribution in [0.1, 0.15) is 56.5 Å². The molecule has 9 nitrogen and oxygen atoms in total. The lowest BCUT2D eigenvalue weighted by Gasteiger charge is -2.63. The molecule has 1 aliphatic carbocycles. The number of ether oxygens (including phenoxy) is 1. The molecular weight excluding hydrogens is 516 g/mol. The number of nitrogens with one attached hydrogen (secondary N) is 1. The number of benzene rings is 1. The Labute approximate surface area is 235 Å². The highest BCUT2D eigenvalue weighted by Crippen LogP contribution is 2.55. The molecule has 0 radical (unpaired) electrons. The summed E-state index contributed by atoms with van der Waals surface area (Å²) in [6.07, 6.45) is 4.60. The molecule has 0 unspecified atom stereocenters. The van der Waals surface area contributed by atoms with Crippen LogP contribution in [0.2, 0.25) is 5.02 Å². The monoisotopic (exact) mass is 552 g/mol. The van der Waals surface area contributed by atoms with Gasteiger partial charge in [-0.2, -0.15) is 5.26 Å². The van der Waals surface area contributed by atoms with E-state index in [1.54, 1.807) is 30.6 Å². The van der Waals surface area contributed by atoms with E-state index in [2.05, 4.69) is 58.8 Å². The highest BCUT2D eigenvalue weighted by Gasteiger charge is 2.64. The van der Waals surface area contributed by atoms with Gasteiger partial charge in [-0.15, -0.1) is 0 Å². The quantitative estimate of drug-likeness (QED) is 0.536. The minimum atomic E-state index is -0.348. The van der Waals surface area contributed by atoms with Gasteiger partial charge in [0.2, 0.25) is 5.95 Å². The first kappa shape index (κ1) is 27.6. The summed E-state index contributed by atoms with van der Waals surface area (Å²) in [5.41, 5.74) is 0.138. The van der Waals surface area contributed by atoms with Gasteiger partial charge in [-0.05, 0) is 25.0 Å². The lowest BCUT2D eigenvalue weighted by molar-refractivity contribution is -0.164. The summed E-state index contributed by atoms with van der Waals surface area (Å²) in [5.74, 6) is 1.62. The number of nitriles is 1. The normalized spacial score (nSPS) is 24.8. The van der Waals surface area contributed by atoms with Crippen LogP contribution in [0.5, 0.6) is 5.75 Å². The van der Waals surface area contributed by atoms with Gasteiger partial charge in [0, 0.05) is 74.0 Å². The number of aliphatic hydroxyl groups is 1. The Balaban J connectivity index is 1.14. The number of hydrogen-bond acceptors (Lipinski definition) is 8. The number of nitrogens with zero attached hydrogens (tertiary/aromatic N) is 5. The smallest absolute Gasteiger partial charge is 0.254 e. The Morgan fingerprint density at radius 1 is 1.18 bits per heavy atom. The van der Waals surface area contributed by atoms with E-state index in [1.165, 1.54) is 0 Å².